The first-order valence-electron chi connectivity index (χ1n) is 21.5. The summed E-state index contributed by atoms with van der Waals surface area (Å²) in [6.07, 6.45) is 3.78. The molecule has 6 aromatic rings. The molecule has 4 aliphatic heterocycles. The Bertz CT molecular complexity index is 2570. The summed E-state index contributed by atoms with van der Waals surface area (Å²) >= 11 is 0. The quantitative estimate of drug-likeness (QED) is 0.151. The smallest absolute Gasteiger partial charge is 0.374 e. The molecule has 2 saturated heterocycles. The van der Waals surface area contributed by atoms with Crippen LogP contribution in [0.25, 0.3) is 21.7 Å². The van der Waals surface area contributed by atoms with E-state index in [4.69, 9.17) is 18.6 Å². The van der Waals surface area contributed by atoms with Gasteiger partial charge in [0.1, 0.15) is 22.9 Å². The van der Waals surface area contributed by atoms with E-state index in [-0.39, 0.29) is 30.8 Å². The van der Waals surface area contributed by atoms with Gasteiger partial charge in [-0.05, 0) is 90.9 Å². The van der Waals surface area contributed by atoms with E-state index in [2.05, 4.69) is 83.7 Å². The SMILES string of the molecule is CCOC(=O)c1cc2cc(N3CCN(CCc4ccc5c(c4)NC(=O)CO5)CC3)ccc2o1.O=C1COc2ccc(CCN3CCN(c4nccc5ccccc45)CC3)cc2N1. The first kappa shape index (κ1) is 40.7. The summed E-state index contributed by atoms with van der Waals surface area (Å²) in [5.74, 6) is 2.18. The average Bonchev–Trinajstić information content (AvgIpc) is 3.74. The van der Waals surface area contributed by atoms with Gasteiger partial charge in [0.2, 0.25) is 5.76 Å². The Morgan fingerprint density at radius 3 is 1.92 bits per heavy atom. The number of anilines is 4. The lowest BCUT2D eigenvalue weighted by atomic mass is 10.1. The van der Waals surface area contributed by atoms with E-state index < -0.39 is 5.97 Å². The number of pyridine rings is 1. The zero-order valence-electron chi connectivity index (χ0n) is 34.9. The summed E-state index contributed by atoms with van der Waals surface area (Å²) in [4.78, 5) is 49.4. The molecule has 4 aliphatic rings. The fourth-order valence-electron chi connectivity index (χ4n) is 8.44. The van der Waals surface area contributed by atoms with E-state index in [1.165, 1.54) is 21.9 Å². The number of carbonyl (C=O) groups excluding carboxylic acids is 3. The Hall–Kier alpha value is -6.64. The Labute approximate surface area is 360 Å². The molecule has 0 bridgehead atoms. The number of amides is 2. The number of hydrogen-bond acceptors (Lipinski definition) is 12. The number of aromatic nitrogens is 1. The van der Waals surface area contributed by atoms with Crippen LogP contribution in [0.4, 0.5) is 22.9 Å². The van der Waals surface area contributed by atoms with Gasteiger partial charge >= 0.3 is 5.97 Å². The molecule has 14 nitrogen and oxygen atoms in total. The summed E-state index contributed by atoms with van der Waals surface area (Å²) < 4.78 is 21.5. The van der Waals surface area contributed by atoms with E-state index in [1.54, 1.807) is 13.0 Å². The minimum atomic E-state index is -0.433. The van der Waals surface area contributed by atoms with Gasteiger partial charge in [-0.2, -0.15) is 0 Å². The summed E-state index contributed by atoms with van der Waals surface area (Å²) in [6, 6.07) is 30.4. The van der Waals surface area contributed by atoms with Crippen molar-refractivity contribution in [1.82, 2.24) is 14.8 Å². The summed E-state index contributed by atoms with van der Waals surface area (Å²) in [5, 5.41) is 9.13. The number of hydrogen-bond donors (Lipinski definition) is 2. The van der Waals surface area contributed by atoms with Gasteiger partial charge in [0.25, 0.3) is 11.8 Å². The van der Waals surface area contributed by atoms with Crippen LogP contribution < -0.4 is 29.9 Å². The molecule has 2 N–H and O–H groups in total. The Morgan fingerprint density at radius 1 is 0.677 bits per heavy atom. The summed E-state index contributed by atoms with van der Waals surface area (Å²) in [7, 11) is 0. The Morgan fingerprint density at radius 2 is 1.29 bits per heavy atom. The van der Waals surface area contributed by atoms with Crippen molar-refractivity contribution in [3.05, 3.63) is 114 Å². The number of fused-ring (bicyclic) bond motifs is 4. The van der Waals surface area contributed by atoms with E-state index in [0.717, 1.165) is 118 Å². The molecule has 0 radical (unpaired) electrons. The van der Waals surface area contributed by atoms with E-state index >= 15 is 0 Å². The van der Waals surface area contributed by atoms with E-state index in [1.807, 2.05) is 42.6 Å². The van der Waals surface area contributed by atoms with Crippen molar-refractivity contribution in [2.45, 2.75) is 19.8 Å². The highest BCUT2D eigenvalue weighted by Crippen LogP contribution is 2.31. The molecule has 320 valence electrons. The predicted octanol–water partition coefficient (Wildman–Crippen LogP) is 6.24. The highest BCUT2D eigenvalue weighted by Gasteiger charge is 2.23. The van der Waals surface area contributed by atoms with Crippen molar-refractivity contribution >= 4 is 62.4 Å². The van der Waals surface area contributed by atoms with Gasteiger partial charge in [-0.1, -0.05) is 36.4 Å². The number of furan rings is 1. The van der Waals surface area contributed by atoms with Crippen LogP contribution in [0.2, 0.25) is 0 Å². The number of piperazine rings is 2. The molecule has 62 heavy (non-hydrogen) atoms. The minimum absolute atomic E-state index is 0.0801. The van der Waals surface area contributed by atoms with Crippen LogP contribution >= 0.6 is 0 Å². The minimum Gasteiger partial charge on any atom is -0.482 e. The lowest BCUT2D eigenvalue weighted by molar-refractivity contribution is -0.119. The first-order chi connectivity index (χ1) is 30.3. The van der Waals surface area contributed by atoms with Crippen molar-refractivity contribution in [3.63, 3.8) is 0 Å². The van der Waals surface area contributed by atoms with Gasteiger partial charge in [-0.15, -0.1) is 0 Å². The van der Waals surface area contributed by atoms with Gasteiger partial charge in [0.05, 0.1) is 18.0 Å². The van der Waals surface area contributed by atoms with Gasteiger partial charge in [-0.3, -0.25) is 19.4 Å². The molecule has 2 aromatic heterocycles. The number of carbonyl (C=O) groups is 3. The molecule has 6 heterocycles. The van der Waals surface area contributed by atoms with Crippen LogP contribution in [0.5, 0.6) is 11.5 Å². The molecule has 4 aromatic carbocycles. The number of ether oxygens (including phenoxy) is 3. The van der Waals surface area contributed by atoms with Crippen molar-refractivity contribution in [3.8, 4) is 11.5 Å². The Balaban J connectivity index is 0.000000159. The molecule has 2 amide bonds. The summed E-state index contributed by atoms with van der Waals surface area (Å²) in [6.45, 7) is 12.1. The lowest BCUT2D eigenvalue weighted by Gasteiger charge is -2.36. The highest BCUT2D eigenvalue weighted by atomic mass is 16.5. The third-order valence-corrected chi connectivity index (χ3v) is 11.8. The molecule has 0 saturated carbocycles. The van der Waals surface area contributed by atoms with Gasteiger partial charge in [0, 0.05) is 88.1 Å². The standard InChI is InChI=1S/C25H27N3O5.C23H24N4O2/c1-2-31-25(30)23-15-18-14-19(4-6-21(18)33-23)28-11-9-27(10-12-28)8-7-17-3-5-22-20(13-17)26-24(29)16-32-22;28-22-16-29-21-6-5-17(15-20(21)25-22)8-10-26-11-13-27(14-12-26)23-19-4-2-1-3-18(19)7-9-24-23/h3-6,13-15H,2,7-12,16H2,1H3,(H,26,29);1-7,9,15H,8,10-14,16H2,(H,25,28). The second-order valence-corrected chi connectivity index (χ2v) is 15.9. The van der Waals surface area contributed by atoms with Crippen LogP contribution in [0.15, 0.2) is 102 Å². The van der Waals surface area contributed by atoms with Gasteiger partial charge in [0.15, 0.2) is 13.2 Å². The molecule has 0 aliphatic carbocycles. The second-order valence-electron chi connectivity index (χ2n) is 15.9. The molecule has 2 fully saturated rings. The van der Waals surface area contributed by atoms with Crippen LogP contribution in [-0.2, 0) is 27.2 Å². The van der Waals surface area contributed by atoms with Crippen molar-refractivity contribution in [2.75, 3.05) is 106 Å². The van der Waals surface area contributed by atoms with Gasteiger partial charge < -0.3 is 39.1 Å². The third kappa shape index (κ3) is 9.46. The number of esters is 1. The Kier molecular flexibility index (Phi) is 12.2. The van der Waals surface area contributed by atoms with Crippen LogP contribution in [0.3, 0.4) is 0 Å². The van der Waals surface area contributed by atoms with E-state index in [9.17, 15) is 14.4 Å². The largest absolute Gasteiger partial charge is 0.482 e. The molecule has 0 spiro atoms. The number of benzene rings is 4. The predicted molar refractivity (Wildman–Crippen MR) is 240 cm³/mol. The monoisotopic (exact) mass is 837 g/mol. The highest BCUT2D eigenvalue weighted by molar-refractivity contribution is 5.96. The van der Waals surface area contributed by atoms with Gasteiger partial charge in [-0.25, -0.2) is 9.78 Å². The average molecular weight is 838 g/mol. The molecule has 10 rings (SSSR count). The molecule has 0 unspecified atom stereocenters. The normalized spacial score (nSPS) is 16.6. The third-order valence-electron chi connectivity index (χ3n) is 11.8. The fourth-order valence-corrected chi connectivity index (χ4v) is 8.44. The van der Waals surface area contributed by atoms with Crippen LogP contribution in [-0.4, -0.2) is 118 Å². The van der Waals surface area contributed by atoms with Crippen LogP contribution in [0.1, 0.15) is 28.6 Å². The second kappa shape index (κ2) is 18.5. The maximum atomic E-state index is 11.9. The van der Waals surface area contributed by atoms with Crippen molar-refractivity contribution in [2.24, 2.45) is 0 Å². The molecule has 0 atom stereocenters. The number of nitrogens with one attached hydrogen (secondary N) is 2. The fraction of sp³-hybridized carbons (Fsp3) is 0.333. The number of nitrogens with zero attached hydrogens (tertiary/aromatic N) is 5. The topological polar surface area (TPSA) is 142 Å². The molecular formula is C48H51N7O7. The molecular weight excluding hydrogens is 787 g/mol. The summed E-state index contributed by atoms with van der Waals surface area (Å²) in [5.41, 5.74) is 5.76. The zero-order chi connectivity index (χ0) is 42.4. The van der Waals surface area contributed by atoms with Crippen molar-refractivity contribution in [1.29, 1.82) is 0 Å². The lowest BCUT2D eigenvalue weighted by Crippen LogP contribution is -2.47. The number of rotatable bonds is 10. The molecule has 14 heteroatoms. The maximum Gasteiger partial charge on any atom is 0.374 e. The van der Waals surface area contributed by atoms with Crippen LogP contribution in [0, 0.1) is 0 Å². The van der Waals surface area contributed by atoms with E-state index in [0.29, 0.717) is 12.2 Å². The van der Waals surface area contributed by atoms with Crippen molar-refractivity contribution < 1.29 is 33.0 Å². The maximum absolute atomic E-state index is 11.9. The first-order valence-corrected chi connectivity index (χ1v) is 21.5. The zero-order valence-corrected chi connectivity index (χ0v) is 34.9.